The van der Waals surface area contributed by atoms with Crippen LogP contribution in [0.2, 0.25) is 0 Å². The average Bonchev–Trinajstić information content (AvgIpc) is 3.10. The zero-order chi connectivity index (χ0) is 18.4. The van der Waals surface area contributed by atoms with Crippen LogP contribution in [0.5, 0.6) is 0 Å². The molecule has 0 aliphatic carbocycles. The second-order valence-corrected chi connectivity index (χ2v) is 6.97. The highest BCUT2D eigenvalue weighted by Gasteiger charge is 2.21. The molecule has 1 aromatic heterocycles. The van der Waals surface area contributed by atoms with Crippen molar-refractivity contribution in [2.75, 3.05) is 25.0 Å². The SMILES string of the molecule is O=C(CCCC1CCN(CC(=O)Nc2ccc3[nH]ccc3c2)CC1)NO. The van der Waals surface area contributed by atoms with E-state index in [1.165, 1.54) is 0 Å². The maximum atomic E-state index is 12.3. The van der Waals surface area contributed by atoms with Gasteiger partial charge in [0.15, 0.2) is 0 Å². The van der Waals surface area contributed by atoms with Crippen LogP contribution in [-0.2, 0) is 9.59 Å². The number of anilines is 1. The van der Waals surface area contributed by atoms with E-state index in [1.54, 1.807) is 5.48 Å². The van der Waals surface area contributed by atoms with Crippen molar-refractivity contribution in [3.8, 4) is 0 Å². The molecule has 2 amide bonds. The Bertz CT molecular complexity index is 750. The van der Waals surface area contributed by atoms with Crippen LogP contribution in [0.1, 0.15) is 32.1 Å². The summed E-state index contributed by atoms with van der Waals surface area (Å²) < 4.78 is 0. The second kappa shape index (κ2) is 8.82. The number of nitrogens with zero attached hydrogens (tertiary/aromatic N) is 1. The summed E-state index contributed by atoms with van der Waals surface area (Å²) in [5, 5.41) is 12.5. The Hall–Kier alpha value is -2.38. The van der Waals surface area contributed by atoms with Crippen LogP contribution in [0.3, 0.4) is 0 Å². The minimum Gasteiger partial charge on any atom is -0.361 e. The van der Waals surface area contributed by atoms with Crippen LogP contribution in [0.25, 0.3) is 10.9 Å². The number of carbonyl (C=O) groups excluding carboxylic acids is 2. The number of aromatic amines is 1. The Kier molecular flexibility index (Phi) is 6.25. The quantitative estimate of drug-likeness (QED) is 0.451. The minimum absolute atomic E-state index is 0.0120. The number of carbonyl (C=O) groups is 2. The lowest BCUT2D eigenvalue weighted by Gasteiger charge is -2.31. The number of H-pyrrole nitrogens is 1. The highest BCUT2D eigenvalue weighted by atomic mass is 16.5. The van der Waals surface area contributed by atoms with Crippen LogP contribution in [0.4, 0.5) is 5.69 Å². The third kappa shape index (κ3) is 5.06. The normalized spacial score (nSPS) is 15.9. The Morgan fingerprint density at radius 2 is 2.00 bits per heavy atom. The van der Waals surface area contributed by atoms with E-state index in [4.69, 9.17) is 5.21 Å². The molecule has 1 aromatic carbocycles. The lowest BCUT2D eigenvalue weighted by molar-refractivity contribution is -0.129. The molecule has 1 saturated heterocycles. The Balaban J connectivity index is 1.38. The van der Waals surface area contributed by atoms with Crippen molar-refractivity contribution in [3.05, 3.63) is 30.5 Å². The summed E-state index contributed by atoms with van der Waals surface area (Å²) in [5.74, 6) is 0.284. The van der Waals surface area contributed by atoms with Crippen molar-refractivity contribution in [1.29, 1.82) is 0 Å². The van der Waals surface area contributed by atoms with Crippen LogP contribution in [0.15, 0.2) is 30.5 Å². The molecule has 7 heteroatoms. The summed E-state index contributed by atoms with van der Waals surface area (Å²) >= 11 is 0. The number of fused-ring (bicyclic) bond motifs is 1. The van der Waals surface area contributed by atoms with Gasteiger partial charge >= 0.3 is 0 Å². The number of benzene rings is 1. The number of aromatic nitrogens is 1. The molecule has 26 heavy (non-hydrogen) atoms. The van der Waals surface area contributed by atoms with Gasteiger partial charge in [0, 0.05) is 29.2 Å². The molecule has 140 valence electrons. The lowest BCUT2D eigenvalue weighted by atomic mass is 9.91. The number of nitrogens with one attached hydrogen (secondary N) is 3. The van der Waals surface area contributed by atoms with E-state index in [2.05, 4.69) is 15.2 Å². The molecule has 0 spiro atoms. The number of amides is 2. The molecule has 2 heterocycles. The summed E-state index contributed by atoms with van der Waals surface area (Å²) in [6, 6.07) is 7.83. The van der Waals surface area contributed by atoms with Gasteiger partial charge in [-0.05, 0) is 69.0 Å². The summed E-state index contributed by atoms with van der Waals surface area (Å²) in [7, 11) is 0. The van der Waals surface area contributed by atoms with E-state index in [9.17, 15) is 9.59 Å². The predicted molar refractivity (Wildman–Crippen MR) is 99.9 cm³/mol. The molecule has 2 aromatic rings. The van der Waals surface area contributed by atoms with Gasteiger partial charge in [-0.25, -0.2) is 5.48 Å². The fourth-order valence-electron chi connectivity index (χ4n) is 3.58. The van der Waals surface area contributed by atoms with Crippen molar-refractivity contribution < 1.29 is 14.8 Å². The third-order valence-corrected chi connectivity index (χ3v) is 5.05. The second-order valence-electron chi connectivity index (χ2n) is 6.97. The minimum atomic E-state index is -0.322. The maximum Gasteiger partial charge on any atom is 0.243 e. The highest BCUT2D eigenvalue weighted by Crippen LogP contribution is 2.23. The number of piperidine rings is 1. The first-order valence-electron chi connectivity index (χ1n) is 9.16. The molecule has 0 radical (unpaired) electrons. The van der Waals surface area contributed by atoms with Gasteiger partial charge in [-0.3, -0.25) is 19.7 Å². The third-order valence-electron chi connectivity index (χ3n) is 5.05. The molecule has 3 rings (SSSR count). The summed E-state index contributed by atoms with van der Waals surface area (Å²) in [6.07, 6.45) is 6.12. The molecule has 4 N–H and O–H groups in total. The molecule has 1 fully saturated rings. The Morgan fingerprint density at radius 3 is 2.77 bits per heavy atom. The number of hydrogen-bond donors (Lipinski definition) is 4. The largest absolute Gasteiger partial charge is 0.361 e. The van der Waals surface area contributed by atoms with Gasteiger partial charge < -0.3 is 10.3 Å². The molecule has 0 bridgehead atoms. The van der Waals surface area contributed by atoms with Crippen molar-refractivity contribution in [1.82, 2.24) is 15.4 Å². The molecule has 0 unspecified atom stereocenters. The number of hydroxylamine groups is 1. The van der Waals surface area contributed by atoms with Crippen molar-refractivity contribution >= 4 is 28.4 Å². The number of rotatable bonds is 7. The molecule has 7 nitrogen and oxygen atoms in total. The van der Waals surface area contributed by atoms with Crippen LogP contribution in [0, 0.1) is 5.92 Å². The molecule has 1 aliphatic heterocycles. The molecule has 1 aliphatic rings. The monoisotopic (exact) mass is 358 g/mol. The van der Waals surface area contributed by atoms with E-state index >= 15 is 0 Å². The van der Waals surface area contributed by atoms with Crippen molar-refractivity contribution in [2.45, 2.75) is 32.1 Å². The van der Waals surface area contributed by atoms with E-state index in [0.717, 1.165) is 55.4 Å². The Labute approximate surface area is 152 Å². The van der Waals surface area contributed by atoms with E-state index < -0.39 is 0 Å². The fourth-order valence-corrected chi connectivity index (χ4v) is 3.58. The van der Waals surface area contributed by atoms with E-state index in [-0.39, 0.29) is 11.8 Å². The topological polar surface area (TPSA) is 97.5 Å². The van der Waals surface area contributed by atoms with Gasteiger partial charge in [-0.1, -0.05) is 0 Å². The zero-order valence-electron chi connectivity index (χ0n) is 14.8. The smallest absolute Gasteiger partial charge is 0.243 e. The van der Waals surface area contributed by atoms with Gasteiger partial charge in [0.25, 0.3) is 0 Å². The first-order chi connectivity index (χ1) is 12.6. The first kappa shape index (κ1) is 18.4. The van der Waals surface area contributed by atoms with Gasteiger partial charge in [-0.2, -0.15) is 0 Å². The van der Waals surface area contributed by atoms with Crippen molar-refractivity contribution in [2.24, 2.45) is 5.92 Å². The van der Waals surface area contributed by atoms with Gasteiger partial charge in [0.2, 0.25) is 11.8 Å². The van der Waals surface area contributed by atoms with E-state index in [0.29, 0.717) is 18.9 Å². The average molecular weight is 358 g/mol. The summed E-state index contributed by atoms with van der Waals surface area (Å²) in [5.41, 5.74) is 3.54. The Morgan fingerprint density at radius 1 is 1.19 bits per heavy atom. The maximum absolute atomic E-state index is 12.3. The van der Waals surface area contributed by atoms with E-state index in [1.807, 2.05) is 30.5 Å². The van der Waals surface area contributed by atoms with Crippen LogP contribution in [-0.4, -0.2) is 46.5 Å². The zero-order valence-corrected chi connectivity index (χ0v) is 14.8. The van der Waals surface area contributed by atoms with Crippen LogP contribution < -0.4 is 10.8 Å². The highest BCUT2D eigenvalue weighted by molar-refractivity contribution is 5.94. The number of hydrogen-bond acceptors (Lipinski definition) is 4. The first-order valence-corrected chi connectivity index (χ1v) is 9.16. The summed E-state index contributed by atoms with van der Waals surface area (Å²) in [4.78, 5) is 28.6. The summed E-state index contributed by atoms with van der Waals surface area (Å²) in [6.45, 7) is 2.22. The molecule has 0 atom stereocenters. The predicted octanol–water partition coefficient (Wildman–Crippen LogP) is 2.49. The molecular weight excluding hydrogens is 332 g/mol. The van der Waals surface area contributed by atoms with Gasteiger partial charge in [0.1, 0.15) is 0 Å². The van der Waals surface area contributed by atoms with Crippen molar-refractivity contribution in [3.63, 3.8) is 0 Å². The van der Waals surface area contributed by atoms with Gasteiger partial charge in [-0.15, -0.1) is 0 Å². The van der Waals surface area contributed by atoms with Gasteiger partial charge in [0.05, 0.1) is 6.54 Å². The molecular formula is C19H26N4O3. The fraction of sp³-hybridized carbons (Fsp3) is 0.474. The standard InChI is InChI=1S/C19H26N4O3/c24-18(22-26)3-1-2-14-7-10-23(11-8-14)13-19(25)21-16-4-5-17-15(12-16)6-9-20-17/h4-6,9,12,14,20,26H,1-3,7-8,10-11,13H2,(H,21,25)(H,22,24). The molecule has 0 saturated carbocycles. The lowest BCUT2D eigenvalue weighted by Crippen LogP contribution is -2.39. The number of likely N-dealkylation sites (tertiary alicyclic amines) is 1. The van der Waals surface area contributed by atoms with Crippen LogP contribution >= 0.6 is 0 Å².